The van der Waals surface area contributed by atoms with Crippen molar-refractivity contribution in [3.8, 4) is 0 Å². The van der Waals surface area contributed by atoms with Gasteiger partial charge >= 0.3 is 5.97 Å². The van der Waals surface area contributed by atoms with Crippen molar-refractivity contribution < 1.29 is 19.5 Å². The van der Waals surface area contributed by atoms with Gasteiger partial charge in [0.05, 0.1) is 12.0 Å². The van der Waals surface area contributed by atoms with Crippen LogP contribution in [-0.2, 0) is 9.59 Å². The van der Waals surface area contributed by atoms with Crippen LogP contribution in [0.4, 0.5) is 0 Å². The van der Waals surface area contributed by atoms with Gasteiger partial charge in [0.25, 0.3) is 0 Å². The monoisotopic (exact) mass is 547 g/mol. The summed E-state index contributed by atoms with van der Waals surface area (Å²) in [4.78, 5) is 35.9. The maximum atomic E-state index is 12.8. The van der Waals surface area contributed by atoms with Gasteiger partial charge in [-0.15, -0.1) is 0 Å². The third kappa shape index (κ3) is 8.01. The van der Waals surface area contributed by atoms with E-state index in [4.69, 9.17) is 0 Å². The van der Waals surface area contributed by atoms with Gasteiger partial charge in [-0.25, -0.2) is 0 Å². The Morgan fingerprint density at radius 2 is 1.29 bits per heavy atom. The van der Waals surface area contributed by atoms with Crippen molar-refractivity contribution in [3.63, 3.8) is 0 Å². The van der Waals surface area contributed by atoms with E-state index in [1.807, 2.05) is 79.7 Å². The number of piperidine rings is 1. The third-order valence-corrected chi connectivity index (χ3v) is 7.73. The zero-order valence-corrected chi connectivity index (χ0v) is 23.4. The lowest BCUT2D eigenvalue weighted by molar-refractivity contribution is -0.142. The maximum Gasteiger partial charge on any atom is 0.306 e. The quantitative estimate of drug-likeness (QED) is 0.212. The molecule has 41 heavy (non-hydrogen) atoms. The van der Waals surface area contributed by atoms with Gasteiger partial charge < -0.3 is 10.4 Å². The molecule has 1 heterocycles. The Morgan fingerprint density at radius 1 is 0.780 bits per heavy atom. The van der Waals surface area contributed by atoms with E-state index in [0.717, 1.165) is 12.0 Å². The molecule has 1 aliphatic heterocycles. The molecule has 5 nitrogen and oxygen atoms in total. The van der Waals surface area contributed by atoms with Crippen LogP contribution in [0.3, 0.4) is 0 Å². The molecule has 2 unspecified atom stereocenters. The second-order valence-corrected chi connectivity index (χ2v) is 10.4. The predicted octanol–water partition coefficient (Wildman–Crippen LogP) is 7.58. The Kier molecular flexibility index (Phi) is 10.6. The summed E-state index contributed by atoms with van der Waals surface area (Å²) in [7, 11) is 0. The number of carbonyl (C=O) groups is 3. The average Bonchev–Trinajstić information content (AvgIpc) is 3.03. The first kappa shape index (κ1) is 29.5. The van der Waals surface area contributed by atoms with Gasteiger partial charge in [-0.2, -0.15) is 0 Å². The molecule has 1 saturated heterocycles. The van der Waals surface area contributed by atoms with E-state index in [0.29, 0.717) is 30.7 Å². The molecule has 2 N–H and O–H groups in total. The van der Waals surface area contributed by atoms with Gasteiger partial charge in [0.1, 0.15) is 0 Å². The lowest BCUT2D eigenvalue weighted by Gasteiger charge is -2.33. The number of Topliss-reactive ketones (excluding diaryl/α,β-unsaturated/α-hetero) is 1. The Bertz CT molecular complexity index is 1390. The fraction of sp³-hybridized carbons (Fsp3) is 0.250. The summed E-state index contributed by atoms with van der Waals surface area (Å²) in [5.41, 5.74) is 3.98. The Morgan fingerprint density at radius 3 is 1.83 bits per heavy atom. The van der Waals surface area contributed by atoms with Crippen LogP contribution < -0.4 is 5.32 Å². The van der Waals surface area contributed by atoms with Gasteiger partial charge in [0.2, 0.25) is 5.91 Å². The van der Waals surface area contributed by atoms with Crippen LogP contribution in [0.5, 0.6) is 0 Å². The molecule has 0 spiro atoms. The van der Waals surface area contributed by atoms with Crippen LogP contribution in [0.1, 0.15) is 77.5 Å². The summed E-state index contributed by atoms with van der Waals surface area (Å²) in [6.07, 6.45) is 2.36. The van der Waals surface area contributed by atoms with Gasteiger partial charge in [-0.3, -0.25) is 14.4 Å². The SMILES string of the molecule is CCC(CC(C(=O)c1ccccc1)c1ccccc1)C(=O)O.O=C1CC[C@@H](c2ccccc2)[C@H](c2ccccc2)N1. The number of benzene rings is 4. The van der Waals surface area contributed by atoms with E-state index >= 15 is 0 Å². The highest BCUT2D eigenvalue weighted by molar-refractivity contribution is 6.01. The number of hydrogen-bond donors (Lipinski definition) is 2. The predicted molar refractivity (Wildman–Crippen MR) is 162 cm³/mol. The molecule has 1 fully saturated rings. The number of ketones is 1. The van der Waals surface area contributed by atoms with E-state index in [-0.39, 0.29) is 17.7 Å². The summed E-state index contributed by atoms with van der Waals surface area (Å²) in [5.74, 6) is -1.29. The molecular formula is C36H37NO4. The van der Waals surface area contributed by atoms with Crippen molar-refractivity contribution in [2.75, 3.05) is 0 Å². The standard InChI is InChI=1S/C19H20O3.C17H17NO/c1-2-14(19(21)22)13-17(15-9-5-3-6-10-15)18(20)16-11-7-4-8-12-16;19-16-12-11-15(13-7-3-1-4-8-13)17(18-16)14-9-5-2-6-10-14/h3-12,14,17H,2,13H2,1H3,(H,21,22);1-10,15,17H,11-12H2,(H,18,19)/t;15-,17-/m.0/s1. The van der Waals surface area contributed by atoms with Gasteiger partial charge in [0, 0.05) is 23.8 Å². The zero-order chi connectivity index (χ0) is 29.0. The van der Waals surface area contributed by atoms with E-state index < -0.39 is 17.8 Å². The van der Waals surface area contributed by atoms with Crippen molar-refractivity contribution in [2.24, 2.45) is 5.92 Å². The number of amides is 1. The first-order valence-corrected chi connectivity index (χ1v) is 14.2. The van der Waals surface area contributed by atoms with Gasteiger partial charge in [-0.1, -0.05) is 128 Å². The number of carboxylic acid groups (broad SMARTS) is 1. The Balaban J connectivity index is 0.000000191. The van der Waals surface area contributed by atoms with Crippen molar-refractivity contribution >= 4 is 17.7 Å². The molecule has 210 valence electrons. The summed E-state index contributed by atoms with van der Waals surface area (Å²) in [6.45, 7) is 1.84. The second-order valence-electron chi connectivity index (χ2n) is 10.4. The van der Waals surface area contributed by atoms with Crippen LogP contribution in [0.25, 0.3) is 0 Å². The fourth-order valence-electron chi connectivity index (χ4n) is 5.44. The lowest BCUT2D eigenvalue weighted by atomic mass is 9.81. The van der Waals surface area contributed by atoms with Crippen LogP contribution >= 0.6 is 0 Å². The smallest absolute Gasteiger partial charge is 0.306 e. The molecule has 0 bridgehead atoms. The molecule has 0 saturated carbocycles. The van der Waals surface area contributed by atoms with E-state index in [2.05, 4.69) is 41.7 Å². The number of hydrogen-bond acceptors (Lipinski definition) is 3. The minimum atomic E-state index is -0.843. The van der Waals surface area contributed by atoms with Gasteiger partial charge in [0.15, 0.2) is 5.78 Å². The largest absolute Gasteiger partial charge is 0.481 e. The van der Waals surface area contributed by atoms with Crippen molar-refractivity contribution in [2.45, 2.75) is 50.5 Å². The second kappa shape index (κ2) is 14.8. The molecule has 5 rings (SSSR count). The van der Waals surface area contributed by atoms with Crippen LogP contribution in [-0.4, -0.2) is 22.8 Å². The molecule has 5 heteroatoms. The highest BCUT2D eigenvalue weighted by Crippen LogP contribution is 2.37. The third-order valence-electron chi connectivity index (χ3n) is 7.73. The topological polar surface area (TPSA) is 83.5 Å². The maximum absolute atomic E-state index is 12.8. The zero-order valence-electron chi connectivity index (χ0n) is 23.4. The summed E-state index contributed by atoms with van der Waals surface area (Å²) < 4.78 is 0. The number of carboxylic acids is 1. The molecule has 0 aromatic heterocycles. The number of nitrogens with one attached hydrogen (secondary N) is 1. The minimum Gasteiger partial charge on any atom is -0.481 e. The lowest BCUT2D eigenvalue weighted by Crippen LogP contribution is -2.37. The molecule has 0 aliphatic carbocycles. The highest BCUT2D eigenvalue weighted by atomic mass is 16.4. The minimum absolute atomic E-state index is 0.0218. The first-order chi connectivity index (χ1) is 20.0. The molecule has 4 aromatic rings. The van der Waals surface area contributed by atoms with Crippen LogP contribution in [0, 0.1) is 5.92 Å². The first-order valence-electron chi connectivity index (χ1n) is 14.2. The Labute approximate surface area is 242 Å². The van der Waals surface area contributed by atoms with Crippen LogP contribution in [0.2, 0.25) is 0 Å². The summed E-state index contributed by atoms with van der Waals surface area (Å²) in [6, 6.07) is 39.3. The molecule has 1 amide bonds. The number of rotatable bonds is 9. The number of carbonyl (C=O) groups excluding carboxylic acids is 2. The average molecular weight is 548 g/mol. The van der Waals surface area contributed by atoms with E-state index in [1.54, 1.807) is 12.1 Å². The van der Waals surface area contributed by atoms with Crippen molar-refractivity contribution in [1.29, 1.82) is 0 Å². The fourth-order valence-corrected chi connectivity index (χ4v) is 5.44. The van der Waals surface area contributed by atoms with E-state index in [1.165, 1.54) is 11.1 Å². The molecular weight excluding hydrogens is 510 g/mol. The Hall–Kier alpha value is -4.51. The molecule has 1 aliphatic rings. The normalized spacial score (nSPS) is 17.7. The van der Waals surface area contributed by atoms with Crippen LogP contribution in [0.15, 0.2) is 121 Å². The molecule has 0 radical (unpaired) electrons. The summed E-state index contributed by atoms with van der Waals surface area (Å²) in [5, 5.41) is 12.5. The molecule has 4 atom stereocenters. The number of aliphatic carboxylic acids is 1. The summed E-state index contributed by atoms with van der Waals surface area (Å²) >= 11 is 0. The van der Waals surface area contributed by atoms with E-state index in [9.17, 15) is 19.5 Å². The van der Waals surface area contributed by atoms with Gasteiger partial charge in [-0.05, 0) is 36.0 Å². The van der Waals surface area contributed by atoms with Crippen molar-refractivity contribution in [3.05, 3.63) is 144 Å². The van der Waals surface area contributed by atoms with Crippen molar-refractivity contribution in [1.82, 2.24) is 5.32 Å². The highest BCUT2D eigenvalue weighted by Gasteiger charge is 2.31. The molecule has 4 aromatic carbocycles.